The zero-order valence-electron chi connectivity index (χ0n) is 22.6. The van der Waals surface area contributed by atoms with Crippen LogP contribution in [0.4, 0.5) is 0 Å². The maximum Gasteiger partial charge on any atom is 0.140 e. The molecule has 0 fully saturated rings. The Labute approximate surface area is 222 Å². The summed E-state index contributed by atoms with van der Waals surface area (Å²) < 4.78 is 2.49. The predicted molar refractivity (Wildman–Crippen MR) is 155 cm³/mol. The fraction of sp³-hybridized carbons (Fsp3) is 0.364. The average Bonchev–Trinajstić information content (AvgIpc) is 3.31. The van der Waals surface area contributed by atoms with Crippen LogP contribution in [0.5, 0.6) is 5.75 Å². The normalized spacial score (nSPS) is 12.1. The quantitative estimate of drug-likeness (QED) is 0.183. The van der Waals surface area contributed by atoms with Crippen molar-refractivity contribution in [2.75, 3.05) is 0 Å². The van der Waals surface area contributed by atoms with E-state index in [1.54, 1.807) is 6.07 Å². The first-order valence-corrected chi connectivity index (χ1v) is 13.9. The summed E-state index contributed by atoms with van der Waals surface area (Å²) in [5.41, 5.74) is 6.76. The molecule has 1 heterocycles. The van der Waals surface area contributed by atoms with Crippen molar-refractivity contribution in [1.82, 2.24) is 14.9 Å². The largest absolute Gasteiger partial charge is 0.508 e. The molecule has 4 rings (SSSR count). The van der Waals surface area contributed by atoms with Crippen LogP contribution in [0, 0.1) is 6.92 Å². The minimum atomic E-state index is 0.163. The van der Waals surface area contributed by atoms with Gasteiger partial charge in [-0.3, -0.25) is 0 Å². The maximum absolute atomic E-state index is 10.00. The lowest BCUT2D eigenvalue weighted by atomic mass is 10.00. The minimum Gasteiger partial charge on any atom is -0.508 e. The predicted octanol–water partition coefficient (Wildman–Crippen LogP) is 8.44. The number of nitrogens with one attached hydrogen (secondary N) is 1. The highest BCUT2D eigenvalue weighted by molar-refractivity contribution is 5.69. The summed E-state index contributed by atoms with van der Waals surface area (Å²) in [6, 6.07) is 27.3. The monoisotopic (exact) mass is 495 g/mol. The first kappa shape index (κ1) is 26.7. The molecule has 1 unspecified atom stereocenters. The van der Waals surface area contributed by atoms with E-state index in [0.29, 0.717) is 5.75 Å². The third-order valence-electron chi connectivity index (χ3n) is 7.06. The van der Waals surface area contributed by atoms with Gasteiger partial charge in [0.25, 0.3) is 0 Å². The molecule has 0 aliphatic rings. The zero-order chi connectivity index (χ0) is 26.0. The molecule has 0 radical (unpaired) electrons. The lowest BCUT2D eigenvalue weighted by Gasteiger charge is -2.23. The van der Waals surface area contributed by atoms with E-state index in [-0.39, 0.29) is 6.04 Å². The van der Waals surface area contributed by atoms with Crippen molar-refractivity contribution in [2.24, 2.45) is 0 Å². The third-order valence-corrected chi connectivity index (χ3v) is 7.06. The summed E-state index contributed by atoms with van der Waals surface area (Å²) in [5.74, 6) is 1.40. The summed E-state index contributed by atoms with van der Waals surface area (Å²) in [6.45, 7) is 8.16. The van der Waals surface area contributed by atoms with Crippen LogP contribution < -0.4 is 5.32 Å². The highest BCUT2D eigenvalue weighted by Crippen LogP contribution is 2.36. The zero-order valence-corrected chi connectivity index (χ0v) is 22.6. The van der Waals surface area contributed by atoms with Crippen LogP contribution in [0.25, 0.3) is 22.6 Å². The molecular formula is C33H41N3O. The number of phenolic OH excluding ortho intramolecular Hbond substituents is 1. The summed E-state index contributed by atoms with van der Waals surface area (Å²) >= 11 is 0. The van der Waals surface area contributed by atoms with Crippen molar-refractivity contribution >= 4 is 0 Å². The second-order valence-corrected chi connectivity index (χ2v) is 9.96. The second kappa shape index (κ2) is 13.3. The highest BCUT2D eigenvalue weighted by Gasteiger charge is 2.25. The van der Waals surface area contributed by atoms with Crippen molar-refractivity contribution < 1.29 is 5.11 Å². The number of aryl methyl sites for hydroxylation is 1. The minimum absolute atomic E-state index is 0.163. The molecule has 0 aliphatic heterocycles. The number of aromatic hydroxyl groups is 1. The van der Waals surface area contributed by atoms with E-state index in [2.05, 4.69) is 90.5 Å². The molecule has 0 bridgehead atoms. The van der Waals surface area contributed by atoms with Crippen LogP contribution in [0.1, 0.15) is 75.2 Å². The standard InChI is InChI=1S/C33H41N3O/c1-4-6-14-22-36-32(29(19-7-5-2)34-24-26-20-21-30(37)25(3)23-26)31(27-15-10-8-11-16-27)35-33(36)28-17-12-9-13-18-28/h8-13,15-18,20-21,23,29,34,37H,4-7,14,19,22,24H2,1-3H3. The van der Waals surface area contributed by atoms with Gasteiger partial charge in [-0.2, -0.15) is 0 Å². The molecule has 0 aliphatic carbocycles. The summed E-state index contributed by atoms with van der Waals surface area (Å²) in [5, 5.41) is 13.9. The molecule has 2 N–H and O–H groups in total. The Morgan fingerprint density at radius 1 is 0.838 bits per heavy atom. The Bertz CT molecular complexity index is 1250. The molecule has 0 spiro atoms. The van der Waals surface area contributed by atoms with Gasteiger partial charge in [0.05, 0.1) is 11.4 Å². The van der Waals surface area contributed by atoms with Crippen LogP contribution in [0.3, 0.4) is 0 Å². The van der Waals surface area contributed by atoms with Gasteiger partial charge in [0.2, 0.25) is 0 Å². The van der Waals surface area contributed by atoms with Gasteiger partial charge in [0.15, 0.2) is 0 Å². The number of aromatic nitrogens is 2. The van der Waals surface area contributed by atoms with Crippen LogP contribution >= 0.6 is 0 Å². The van der Waals surface area contributed by atoms with E-state index in [1.807, 2.05) is 13.0 Å². The summed E-state index contributed by atoms with van der Waals surface area (Å²) in [6.07, 6.45) is 6.85. The SMILES string of the molecule is CCCCCn1c(-c2ccccc2)nc(-c2ccccc2)c1C(CCCC)NCc1ccc(O)c(C)c1. The van der Waals surface area contributed by atoms with E-state index in [1.165, 1.54) is 24.1 Å². The van der Waals surface area contributed by atoms with Crippen LogP contribution in [-0.4, -0.2) is 14.7 Å². The van der Waals surface area contributed by atoms with Crippen molar-refractivity contribution in [3.8, 4) is 28.4 Å². The van der Waals surface area contributed by atoms with Gasteiger partial charge in [-0.25, -0.2) is 4.98 Å². The van der Waals surface area contributed by atoms with Crippen LogP contribution in [0.2, 0.25) is 0 Å². The van der Waals surface area contributed by atoms with E-state index in [4.69, 9.17) is 4.98 Å². The number of benzene rings is 3. The number of phenols is 1. The molecule has 4 heteroatoms. The van der Waals surface area contributed by atoms with Gasteiger partial charge < -0.3 is 15.0 Å². The van der Waals surface area contributed by atoms with Crippen molar-refractivity contribution in [1.29, 1.82) is 0 Å². The Balaban J connectivity index is 1.82. The number of imidazole rings is 1. The van der Waals surface area contributed by atoms with Crippen LogP contribution in [0.15, 0.2) is 78.9 Å². The molecule has 4 nitrogen and oxygen atoms in total. The summed E-state index contributed by atoms with van der Waals surface area (Å²) in [7, 11) is 0. The molecule has 0 amide bonds. The van der Waals surface area contributed by atoms with Gasteiger partial charge in [-0.1, -0.05) is 112 Å². The maximum atomic E-state index is 10.00. The van der Waals surface area contributed by atoms with Crippen LogP contribution in [-0.2, 0) is 13.1 Å². The Morgan fingerprint density at radius 3 is 2.16 bits per heavy atom. The number of unbranched alkanes of at least 4 members (excludes halogenated alkanes) is 3. The molecular weight excluding hydrogens is 454 g/mol. The number of hydrogen-bond acceptors (Lipinski definition) is 3. The highest BCUT2D eigenvalue weighted by atomic mass is 16.3. The van der Waals surface area contributed by atoms with E-state index in [0.717, 1.165) is 67.0 Å². The average molecular weight is 496 g/mol. The first-order chi connectivity index (χ1) is 18.1. The molecule has 3 aromatic carbocycles. The van der Waals surface area contributed by atoms with Crippen molar-refractivity contribution in [2.45, 2.75) is 78.4 Å². The number of rotatable bonds is 13. The van der Waals surface area contributed by atoms with Gasteiger partial charge in [-0.15, -0.1) is 0 Å². The smallest absolute Gasteiger partial charge is 0.140 e. The first-order valence-electron chi connectivity index (χ1n) is 13.9. The number of hydrogen-bond donors (Lipinski definition) is 2. The lowest BCUT2D eigenvalue weighted by Crippen LogP contribution is -2.24. The van der Waals surface area contributed by atoms with E-state index < -0.39 is 0 Å². The van der Waals surface area contributed by atoms with Gasteiger partial charge >= 0.3 is 0 Å². The molecule has 4 aromatic rings. The lowest BCUT2D eigenvalue weighted by molar-refractivity contribution is 0.447. The van der Waals surface area contributed by atoms with E-state index in [9.17, 15) is 5.11 Å². The molecule has 0 saturated carbocycles. The molecule has 194 valence electrons. The molecule has 37 heavy (non-hydrogen) atoms. The Kier molecular flexibility index (Phi) is 9.56. The van der Waals surface area contributed by atoms with Gasteiger partial charge in [0, 0.05) is 30.3 Å². The topological polar surface area (TPSA) is 50.1 Å². The van der Waals surface area contributed by atoms with Gasteiger partial charge in [-0.05, 0) is 37.0 Å². The van der Waals surface area contributed by atoms with Crippen molar-refractivity contribution in [3.05, 3.63) is 95.7 Å². The Morgan fingerprint density at radius 2 is 1.51 bits per heavy atom. The second-order valence-electron chi connectivity index (χ2n) is 9.96. The molecule has 1 atom stereocenters. The Hall–Kier alpha value is -3.37. The number of nitrogens with zero attached hydrogens (tertiary/aromatic N) is 2. The van der Waals surface area contributed by atoms with Crippen molar-refractivity contribution in [3.63, 3.8) is 0 Å². The molecule has 0 saturated heterocycles. The van der Waals surface area contributed by atoms with Gasteiger partial charge in [0.1, 0.15) is 11.6 Å². The molecule has 1 aromatic heterocycles. The fourth-order valence-electron chi connectivity index (χ4n) is 4.99. The van der Waals surface area contributed by atoms with E-state index >= 15 is 0 Å². The summed E-state index contributed by atoms with van der Waals surface area (Å²) in [4.78, 5) is 5.33. The third kappa shape index (κ3) is 6.69. The fourth-order valence-corrected chi connectivity index (χ4v) is 4.99.